The van der Waals surface area contributed by atoms with E-state index in [1.54, 1.807) is 0 Å². The molecule has 1 aliphatic rings. The topological polar surface area (TPSA) is 52.4 Å². The summed E-state index contributed by atoms with van der Waals surface area (Å²) in [7, 11) is -1.11. The highest BCUT2D eigenvalue weighted by Gasteiger charge is 2.30. The van der Waals surface area contributed by atoms with Gasteiger partial charge in [0.2, 0.25) is 11.2 Å². The summed E-state index contributed by atoms with van der Waals surface area (Å²) in [5, 5.41) is 1.56. The lowest BCUT2D eigenvalue weighted by atomic mass is 10.2. The van der Waals surface area contributed by atoms with Crippen molar-refractivity contribution in [3.8, 4) is 5.88 Å². The van der Waals surface area contributed by atoms with Gasteiger partial charge in [-0.1, -0.05) is 19.6 Å². The molecule has 0 saturated carbocycles. The van der Waals surface area contributed by atoms with E-state index in [4.69, 9.17) is 21.1 Å². The molecule has 0 aliphatic carbocycles. The number of hydrogen-bond donors (Lipinski definition) is 0. The molecule has 0 unspecified atom stereocenters. The van der Waals surface area contributed by atoms with Crippen LogP contribution in [0.2, 0.25) is 31.0 Å². The first kappa shape index (κ1) is 17.6. The zero-order chi connectivity index (χ0) is 17.3. The largest absolute Gasteiger partial charge is 0.471 e. The summed E-state index contributed by atoms with van der Waals surface area (Å²) < 4.78 is 26.2. The predicted molar refractivity (Wildman–Crippen MR) is 93.7 cm³/mol. The molecule has 0 N–H and O–H groups in total. The maximum absolute atomic E-state index is 12.8. The first-order chi connectivity index (χ1) is 11.3. The first-order valence-electron chi connectivity index (χ1n) is 7.99. The van der Waals surface area contributed by atoms with Gasteiger partial charge in [-0.2, -0.15) is 9.97 Å². The smallest absolute Gasteiger partial charge is 0.227 e. The molecule has 0 spiro atoms. The Hall–Kier alpha value is -1.22. The summed E-state index contributed by atoms with van der Waals surface area (Å²) in [6.45, 7) is 8.56. The van der Waals surface area contributed by atoms with Gasteiger partial charge in [0, 0.05) is 20.9 Å². The van der Waals surface area contributed by atoms with E-state index in [2.05, 4.69) is 29.6 Å². The van der Waals surface area contributed by atoms with Crippen molar-refractivity contribution in [3.05, 3.63) is 17.5 Å². The molecule has 2 aromatic rings. The van der Waals surface area contributed by atoms with E-state index in [0.717, 1.165) is 18.0 Å². The van der Waals surface area contributed by atoms with Crippen molar-refractivity contribution >= 4 is 30.7 Å². The second kappa shape index (κ2) is 6.95. The van der Waals surface area contributed by atoms with Gasteiger partial charge in [-0.3, -0.25) is 0 Å². The highest BCUT2D eigenvalue weighted by Crippen LogP contribution is 2.27. The van der Waals surface area contributed by atoms with E-state index >= 15 is 0 Å². The van der Waals surface area contributed by atoms with E-state index in [1.807, 2.05) is 16.8 Å². The molecular weight excluding hydrogens is 351 g/mol. The van der Waals surface area contributed by atoms with Gasteiger partial charge in [0.05, 0.1) is 18.5 Å². The van der Waals surface area contributed by atoms with Crippen LogP contribution in [0.15, 0.2) is 12.3 Å². The lowest BCUT2D eigenvalue weighted by molar-refractivity contribution is -0.107. The fourth-order valence-corrected chi connectivity index (χ4v) is 3.28. The first-order valence-corrected chi connectivity index (χ1v) is 12.1. The Kier molecular flexibility index (Phi) is 5.10. The summed E-state index contributed by atoms with van der Waals surface area (Å²) in [4.78, 5) is 8.40. The Morgan fingerprint density at radius 1 is 1.33 bits per heavy atom. The number of ether oxygens (including phenoxy) is 2. The molecular formula is C15H22ClFN4O2Si. The Bertz CT molecular complexity index is 715. The van der Waals surface area contributed by atoms with Crippen molar-refractivity contribution in [1.29, 1.82) is 0 Å². The van der Waals surface area contributed by atoms with Gasteiger partial charge in [0.1, 0.15) is 12.8 Å². The maximum Gasteiger partial charge on any atom is 0.227 e. The van der Waals surface area contributed by atoms with Crippen LogP contribution in [-0.2, 0) is 11.5 Å². The van der Waals surface area contributed by atoms with Crippen LogP contribution in [0, 0.1) is 0 Å². The molecule has 1 fully saturated rings. The summed E-state index contributed by atoms with van der Waals surface area (Å²) >= 11 is 6.01. The Labute approximate surface area is 146 Å². The molecule has 6 nitrogen and oxygen atoms in total. The zero-order valence-corrected chi connectivity index (χ0v) is 15.9. The zero-order valence-electron chi connectivity index (χ0n) is 14.1. The fourth-order valence-electron chi connectivity index (χ4n) is 2.37. The van der Waals surface area contributed by atoms with Gasteiger partial charge in [-0.15, -0.1) is 9.60 Å². The van der Waals surface area contributed by atoms with Crippen LogP contribution >= 0.6 is 11.6 Å². The highest BCUT2D eigenvalue weighted by atomic mass is 35.5. The number of halogens is 2. The molecule has 132 valence electrons. The van der Waals surface area contributed by atoms with Crippen LogP contribution in [0.3, 0.4) is 0 Å². The Morgan fingerprint density at radius 2 is 2.08 bits per heavy atom. The minimum atomic E-state index is -1.11. The second-order valence-electron chi connectivity index (χ2n) is 7.24. The monoisotopic (exact) mass is 372 g/mol. The normalized spacial score (nSPS) is 16.5. The Morgan fingerprint density at radius 3 is 2.75 bits per heavy atom. The van der Waals surface area contributed by atoms with Crippen molar-refractivity contribution < 1.29 is 14.0 Å². The average Bonchev–Trinajstić information content (AvgIpc) is 2.84. The minimum Gasteiger partial charge on any atom is -0.471 e. The molecule has 0 bridgehead atoms. The van der Waals surface area contributed by atoms with Gasteiger partial charge in [0.15, 0.2) is 5.65 Å². The highest BCUT2D eigenvalue weighted by molar-refractivity contribution is 6.76. The van der Waals surface area contributed by atoms with Crippen molar-refractivity contribution in [2.75, 3.05) is 19.7 Å². The van der Waals surface area contributed by atoms with Crippen LogP contribution in [0.5, 0.6) is 5.88 Å². The molecule has 24 heavy (non-hydrogen) atoms. The van der Waals surface area contributed by atoms with Crippen molar-refractivity contribution in [2.45, 2.75) is 38.5 Å². The molecule has 0 atom stereocenters. The quantitative estimate of drug-likeness (QED) is 0.323. The Balaban J connectivity index is 1.70. The van der Waals surface area contributed by atoms with Gasteiger partial charge >= 0.3 is 0 Å². The van der Waals surface area contributed by atoms with Crippen LogP contribution in [0.1, 0.15) is 0 Å². The third-order valence-corrected chi connectivity index (χ3v) is 5.74. The van der Waals surface area contributed by atoms with Gasteiger partial charge < -0.3 is 14.0 Å². The van der Waals surface area contributed by atoms with Crippen LogP contribution in [0.4, 0.5) is 4.48 Å². The molecule has 3 rings (SSSR count). The molecule has 0 amide bonds. The van der Waals surface area contributed by atoms with E-state index in [-0.39, 0.29) is 24.5 Å². The van der Waals surface area contributed by atoms with Crippen molar-refractivity contribution in [2.24, 2.45) is 0 Å². The molecule has 0 aromatic carbocycles. The predicted octanol–water partition coefficient (Wildman–Crippen LogP) is 3.34. The van der Waals surface area contributed by atoms with E-state index in [9.17, 15) is 4.48 Å². The molecule has 1 saturated heterocycles. The van der Waals surface area contributed by atoms with Crippen LogP contribution < -0.4 is 4.74 Å². The van der Waals surface area contributed by atoms with E-state index < -0.39 is 8.07 Å². The summed E-state index contributed by atoms with van der Waals surface area (Å²) in [5.74, 6) is 0.393. The molecule has 1 aliphatic heterocycles. The second-order valence-corrected chi connectivity index (χ2v) is 13.2. The van der Waals surface area contributed by atoms with Crippen LogP contribution in [0.25, 0.3) is 11.0 Å². The molecule has 9 heteroatoms. The SMILES string of the molecule is C[Si](C)(C)CCOCn1ccc2c(OC3CN(F)C3)nc(Cl)nc21. The summed E-state index contributed by atoms with van der Waals surface area (Å²) in [5.41, 5.74) is 0.662. The van der Waals surface area contributed by atoms with Gasteiger partial charge in [-0.05, 0) is 23.7 Å². The molecule has 0 radical (unpaired) electrons. The van der Waals surface area contributed by atoms with Crippen molar-refractivity contribution in [3.63, 3.8) is 0 Å². The fraction of sp³-hybridized carbons (Fsp3) is 0.600. The van der Waals surface area contributed by atoms with Crippen LogP contribution in [-0.4, -0.2) is 53.5 Å². The lowest BCUT2D eigenvalue weighted by Crippen LogP contribution is -2.49. The van der Waals surface area contributed by atoms with E-state index in [1.165, 1.54) is 0 Å². The standard InChI is InChI=1S/C15H22ClFN4O2Si/c1-24(2,3)7-6-22-10-20-5-4-12-13(20)18-15(16)19-14(12)23-11-8-21(17)9-11/h4-5,11H,6-10H2,1-3H3. The van der Waals surface area contributed by atoms with E-state index in [0.29, 0.717) is 23.4 Å². The number of aromatic nitrogens is 3. The maximum atomic E-state index is 12.8. The third kappa shape index (κ3) is 4.24. The van der Waals surface area contributed by atoms with Crippen molar-refractivity contribution in [1.82, 2.24) is 19.7 Å². The molecule has 2 aromatic heterocycles. The van der Waals surface area contributed by atoms with Gasteiger partial charge in [0.25, 0.3) is 0 Å². The third-order valence-electron chi connectivity index (χ3n) is 3.87. The summed E-state index contributed by atoms with van der Waals surface area (Å²) in [6.07, 6.45) is 1.67. The minimum absolute atomic E-state index is 0.107. The number of hydrogen-bond acceptors (Lipinski definition) is 5. The number of fused-ring (bicyclic) bond motifs is 1. The molecule has 3 heterocycles. The lowest BCUT2D eigenvalue weighted by Gasteiger charge is -2.31. The number of rotatable bonds is 7. The average molecular weight is 373 g/mol. The van der Waals surface area contributed by atoms with Gasteiger partial charge in [-0.25, -0.2) is 0 Å². The summed E-state index contributed by atoms with van der Waals surface area (Å²) in [6, 6.07) is 2.98. The number of nitrogens with zero attached hydrogens (tertiary/aromatic N) is 4.